The minimum atomic E-state index is -0.581. The fraction of sp³-hybridized carbons (Fsp3) is 0.364. The summed E-state index contributed by atoms with van der Waals surface area (Å²) >= 11 is 9.03. The SMILES string of the molecule is CCC(CBr)(C(=O)Cl)c1ccccc1. The normalized spacial score (nSPS) is 14.8. The highest BCUT2D eigenvalue weighted by Crippen LogP contribution is 2.32. The van der Waals surface area contributed by atoms with Crippen molar-refractivity contribution in [2.75, 3.05) is 5.33 Å². The van der Waals surface area contributed by atoms with Gasteiger partial charge in [0.05, 0.1) is 5.41 Å². The lowest BCUT2D eigenvalue weighted by atomic mass is 9.81. The van der Waals surface area contributed by atoms with Gasteiger partial charge in [0, 0.05) is 5.33 Å². The monoisotopic (exact) mass is 274 g/mol. The van der Waals surface area contributed by atoms with Crippen LogP contribution in [0, 0.1) is 0 Å². The van der Waals surface area contributed by atoms with Gasteiger partial charge in [-0.15, -0.1) is 0 Å². The summed E-state index contributed by atoms with van der Waals surface area (Å²) < 4.78 is 0. The molecule has 1 aromatic carbocycles. The molecule has 1 unspecified atom stereocenters. The molecule has 0 aliphatic carbocycles. The lowest BCUT2D eigenvalue weighted by Gasteiger charge is -2.26. The summed E-state index contributed by atoms with van der Waals surface area (Å²) in [6.45, 7) is 1.97. The smallest absolute Gasteiger partial charge is 0.233 e. The Labute approximate surface area is 97.6 Å². The third-order valence-electron chi connectivity index (χ3n) is 2.53. The first-order valence-electron chi connectivity index (χ1n) is 4.49. The standard InChI is InChI=1S/C11H12BrClO/c1-2-11(8-12,10(13)14)9-6-4-3-5-7-9/h3-7H,2,8H2,1H3. The van der Waals surface area contributed by atoms with Crippen molar-refractivity contribution in [1.29, 1.82) is 0 Å². The second-order valence-electron chi connectivity index (χ2n) is 3.21. The average Bonchev–Trinajstić information content (AvgIpc) is 2.22. The Kier molecular flexibility index (Phi) is 4.14. The minimum Gasteiger partial charge on any atom is -0.280 e. The first-order valence-corrected chi connectivity index (χ1v) is 5.98. The van der Waals surface area contributed by atoms with Crippen molar-refractivity contribution in [3.8, 4) is 0 Å². The van der Waals surface area contributed by atoms with E-state index in [2.05, 4.69) is 15.9 Å². The van der Waals surface area contributed by atoms with Crippen molar-refractivity contribution in [3.05, 3.63) is 35.9 Å². The Morgan fingerprint density at radius 1 is 1.43 bits per heavy atom. The van der Waals surface area contributed by atoms with Gasteiger partial charge >= 0.3 is 0 Å². The van der Waals surface area contributed by atoms with Crippen LogP contribution in [0.15, 0.2) is 30.3 Å². The second-order valence-corrected chi connectivity index (χ2v) is 4.11. The van der Waals surface area contributed by atoms with E-state index in [0.717, 1.165) is 5.56 Å². The first-order chi connectivity index (χ1) is 6.67. The van der Waals surface area contributed by atoms with Gasteiger partial charge in [0.15, 0.2) is 0 Å². The molecule has 0 bridgehead atoms. The van der Waals surface area contributed by atoms with Gasteiger partial charge in [-0.05, 0) is 23.6 Å². The summed E-state index contributed by atoms with van der Waals surface area (Å²) in [6, 6.07) is 9.64. The first kappa shape index (κ1) is 11.7. The highest BCUT2D eigenvalue weighted by atomic mass is 79.9. The van der Waals surface area contributed by atoms with Crippen LogP contribution in [-0.2, 0) is 10.2 Å². The molecule has 0 fully saturated rings. The molecule has 0 N–H and O–H groups in total. The molecular formula is C11H12BrClO. The zero-order valence-corrected chi connectivity index (χ0v) is 10.3. The molecule has 3 heteroatoms. The van der Waals surface area contributed by atoms with Crippen LogP contribution in [0.1, 0.15) is 18.9 Å². The van der Waals surface area contributed by atoms with Crippen LogP contribution in [0.5, 0.6) is 0 Å². The quantitative estimate of drug-likeness (QED) is 0.607. The van der Waals surface area contributed by atoms with Gasteiger partial charge in [-0.3, -0.25) is 4.79 Å². The molecule has 1 rings (SSSR count). The summed E-state index contributed by atoms with van der Waals surface area (Å²) in [7, 11) is 0. The molecule has 1 atom stereocenters. The zero-order chi connectivity index (χ0) is 10.6. The number of hydrogen-bond donors (Lipinski definition) is 0. The summed E-state index contributed by atoms with van der Waals surface area (Å²) in [6.07, 6.45) is 0.699. The van der Waals surface area contributed by atoms with E-state index in [1.54, 1.807) is 0 Å². The Morgan fingerprint density at radius 3 is 2.36 bits per heavy atom. The number of alkyl halides is 1. The maximum atomic E-state index is 11.5. The number of hydrogen-bond acceptors (Lipinski definition) is 1. The van der Waals surface area contributed by atoms with Crippen LogP contribution >= 0.6 is 27.5 Å². The number of halogens is 2. The number of carbonyl (C=O) groups is 1. The molecule has 0 aliphatic rings. The molecule has 1 nitrogen and oxygen atoms in total. The van der Waals surface area contributed by atoms with Crippen molar-refractivity contribution in [2.24, 2.45) is 0 Å². The fourth-order valence-electron chi connectivity index (χ4n) is 1.44. The van der Waals surface area contributed by atoms with Crippen LogP contribution in [0.3, 0.4) is 0 Å². The molecule has 0 amide bonds. The highest BCUT2D eigenvalue weighted by Gasteiger charge is 2.35. The van der Waals surface area contributed by atoms with Crippen LogP contribution in [0.4, 0.5) is 0 Å². The van der Waals surface area contributed by atoms with Crippen molar-refractivity contribution < 1.29 is 4.79 Å². The highest BCUT2D eigenvalue weighted by molar-refractivity contribution is 9.09. The second kappa shape index (κ2) is 4.94. The zero-order valence-electron chi connectivity index (χ0n) is 7.97. The topological polar surface area (TPSA) is 17.1 Å². The van der Waals surface area contributed by atoms with Crippen LogP contribution in [-0.4, -0.2) is 10.6 Å². The molecule has 14 heavy (non-hydrogen) atoms. The summed E-state index contributed by atoms with van der Waals surface area (Å²) in [5.41, 5.74) is 0.391. The van der Waals surface area contributed by atoms with Crippen LogP contribution in [0.2, 0.25) is 0 Å². The molecule has 0 aliphatic heterocycles. The molecule has 0 spiro atoms. The Balaban J connectivity index is 3.18. The molecule has 1 aromatic rings. The Bertz CT molecular complexity index is 306. The predicted molar refractivity (Wildman–Crippen MR) is 63.1 cm³/mol. The average molecular weight is 276 g/mol. The van der Waals surface area contributed by atoms with E-state index < -0.39 is 5.41 Å². The van der Waals surface area contributed by atoms with E-state index in [4.69, 9.17) is 11.6 Å². The molecule has 76 valence electrons. The third kappa shape index (κ3) is 2.01. The number of rotatable bonds is 4. The summed E-state index contributed by atoms with van der Waals surface area (Å²) in [5.74, 6) is 0. The van der Waals surface area contributed by atoms with E-state index in [1.807, 2.05) is 37.3 Å². The maximum absolute atomic E-state index is 11.5. The van der Waals surface area contributed by atoms with Gasteiger partial charge in [-0.2, -0.15) is 0 Å². The van der Waals surface area contributed by atoms with Gasteiger partial charge in [0.1, 0.15) is 0 Å². The van der Waals surface area contributed by atoms with Gasteiger partial charge in [-0.1, -0.05) is 53.2 Å². The lowest BCUT2D eigenvalue weighted by Crippen LogP contribution is -2.33. The maximum Gasteiger partial charge on any atom is 0.233 e. The Hall–Kier alpha value is -0.340. The van der Waals surface area contributed by atoms with Gasteiger partial charge in [-0.25, -0.2) is 0 Å². The van der Waals surface area contributed by atoms with Crippen molar-refractivity contribution in [3.63, 3.8) is 0 Å². The number of carbonyl (C=O) groups excluding carboxylic acids is 1. The fourth-order valence-corrected chi connectivity index (χ4v) is 2.88. The van der Waals surface area contributed by atoms with Crippen LogP contribution < -0.4 is 0 Å². The molecular weight excluding hydrogens is 263 g/mol. The van der Waals surface area contributed by atoms with Crippen LogP contribution in [0.25, 0.3) is 0 Å². The molecule has 0 aromatic heterocycles. The molecule has 0 heterocycles. The van der Waals surface area contributed by atoms with E-state index >= 15 is 0 Å². The minimum absolute atomic E-state index is 0.303. The molecule has 0 radical (unpaired) electrons. The van der Waals surface area contributed by atoms with E-state index in [1.165, 1.54) is 0 Å². The summed E-state index contributed by atoms with van der Waals surface area (Å²) in [4.78, 5) is 11.5. The van der Waals surface area contributed by atoms with Gasteiger partial charge in [0.25, 0.3) is 0 Å². The third-order valence-corrected chi connectivity index (χ3v) is 3.85. The predicted octanol–water partition coefficient (Wildman–Crippen LogP) is 3.49. The lowest BCUT2D eigenvalue weighted by molar-refractivity contribution is -0.116. The van der Waals surface area contributed by atoms with E-state index in [-0.39, 0.29) is 5.24 Å². The number of benzene rings is 1. The van der Waals surface area contributed by atoms with Crippen molar-refractivity contribution in [2.45, 2.75) is 18.8 Å². The van der Waals surface area contributed by atoms with E-state index in [0.29, 0.717) is 11.8 Å². The molecule has 0 saturated heterocycles. The summed E-state index contributed by atoms with van der Waals surface area (Å²) in [5, 5.41) is 0.256. The van der Waals surface area contributed by atoms with Gasteiger partial charge in [0.2, 0.25) is 5.24 Å². The van der Waals surface area contributed by atoms with Crippen molar-refractivity contribution >= 4 is 32.8 Å². The Morgan fingerprint density at radius 2 is 2.00 bits per heavy atom. The van der Waals surface area contributed by atoms with Gasteiger partial charge < -0.3 is 0 Å². The largest absolute Gasteiger partial charge is 0.280 e. The van der Waals surface area contributed by atoms with E-state index in [9.17, 15) is 4.79 Å². The molecule has 0 saturated carbocycles. The van der Waals surface area contributed by atoms with Crippen molar-refractivity contribution in [1.82, 2.24) is 0 Å².